The van der Waals surface area contributed by atoms with Gasteiger partial charge in [-0.25, -0.2) is 0 Å². The first kappa shape index (κ1) is 13.8. The number of aromatic nitrogens is 1. The molecule has 1 aliphatic rings. The molecular formula is C16H15F2NO2. The second-order valence-electron chi connectivity index (χ2n) is 5.13. The zero-order valence-corrected chi connectivity index (χ0v) is 11.6. The quantitative estimate of drug-likeness (QED) is 0.858. The largest absolute Gasteiger partial charge is 0.435 e. The molecule has 0 atom stereocenters. The SMILES string of the molecule is Cc1cc2c(n1-c1ccc(OC(F)F)cc1)CCCC2=O. The number of ketones is 1. The summed E-state index contributed by atoms with van der Waals surface area (Å²) in [5, 5.41) is 0. The lowest BCUT2D eigenvalue weighted by Gasteiger charge is -2.16. The van der Waals surface area contributed by atoms with Crippen LogP contribution in [0, 0.1) is 6.92 Å². The van der Waals surface area contributed by atoms with E-state index in [0.717, 1.165) is 35.5 Å². The summed E-state index contributed by atoms with van der Waals surface area (Å²) < 4.78 is 30.7. The lowest BCUT2D eigenvalue weighted by Crippen LogP contribution is -2.12. The summed E-state index contributed by atoms with van der Waals surface area (Å²) >= 11 is 0. The van der Waals surface area contributed by atoms with E-state index in [0.29, 0.717) is 6.42 Å². The predicted molar refractivity (Wildman–Crippen MR) is 74.4 cm³/mol. The monoisotopic (exact) mass is 291 g/mol. The van der Waals surface area contributed by atoms with Crippen LogP contribution in [0.5, 0.6) is 5.75 Å². The van der Waals surface area contributed by atoms with Crippen LogP contribution < -0.4 is 4.74 Å². The summed E-state index contributed by atoms with van der Waals surface area (Å²) in [7, 11) is 0. The zero-order valence-electron chi connectivity index (χ0n) is 11.6. The van der Waals surface area contributed by atoms with Gasteiger partial charge in [-0.1, -0.05) is 0 Å². The second-order valence-corrected chi connectivity index (χ2v) is 5.13. The Balaban J connectivity index is 1.99. The smallest absolute Gasteiger partial charge is 0.387 e. The molecule has 1 aromatic heterocycles. The van der Waals surface area contributed by atoms with Crippen LogP contribution in [0.4, 0.5) is 8.78 Å². The third-order valence-electron chi connectivity index (χ3n) is 3.72. The number of hydrogen-bond acceptors (Lipinski definition) is 2. The minimum atomic E-state index is -2.82. The topological polar surface area (TPSA) is 31.2 Å². The Bertz CT molecular complexity index is 674. The molecule has 0 unspecified atom stereocenters. The number of rotatable bonds is 3. The molecule has 3 nitrogen and oxygen atoms in total. The van der Waals surface area contributed by atoms with Gasteiger partial charge in [0.15, 0.2) is 5.78 Å². The molecule has 0 N–H and O–H groups in total. The average Bonchev–Trinajstić information content (AvgIpc) is 2.77. The van der Waals surface area contributed by atoms with E-state index in [1.807, 2.05) is 17.6 Å². The maximum atomic E-state index is 12.2. The molecular weight excluding hydrogens is 276 g/mol. The minimum Gasteiger partial charge on any atom is -0.435 e. The van der Waals surface area contributed by atoms with Crippen molar-refractivity contribution in [3.63, 3.8) is 0 Å². The standard InChI is InChI=1S/C16H15F2NO2/c1-10-9-13-14(3-2-4-15(13)20)19(10)11-5-7-12(8-6-11)21-16(17)18/h5-9,16H,2-4H2,1H3. The minimum absolute atomic E-state index is 0.128. The number of Topliss-reactive ketones (excluding diaryl/α,β-unsaturated/α-hetero) is 1. The van der Waals surface area contributed by atoms with E-state index in [2.05, 4.69) is 4.74 Å². The fourth-order valence-electron chi connectivity index (χ4n) is 2.87. The Labute approximate surface area is 121 Å². The van der Waals surface area contributed by atoms with Gasteiger partial charge in [-0.2, -0.15) is 8.78 Å². The summed E-state index contributed by atoms with van der Waals surface area (Å²) in [6.45, 7) is -0.885. The van der Waals surface area contributed by atoms with Crippen molar-refractivity contribution in [2.24, 2.45) is 0 Å². The van der Waals surface area contributed by atoms with Crippen LogP contribution in [0.15, 0.2) is 30.3 Å². The fourth-order valence-corrected chi connectivity index (χ4v) is 2.87. The molecule has 1 aliphatic carbocycles. The van der Waals surface area contributed by atoms with Crippen LogP contribution in [0.25, 0.3) is 5.69 Å². The van der Waals surface area contributed by atoms with E-state index in [-0.39, 0.29) is 11.5 Å². The maximum absolute atomic E-state index is 12.2. The number of benzene rings is 1. The van der Waals surface area contributed by atoms with E-state index in [1.165, 1.54) is 12.1 Å². The number of ether oxygens (including phenoxy) is 1. The van der Waals surface area contributed by atoms with Crippen molar-refractivity contribution < 1.29 is 18.3 Å². The van der Waals surface area contributed by atoms with Crippen molar-refractivity contribution in [3.8, 4) is 11.4 Å². The molecule has 0 saturated heterocycles. The number of hydrogen-bond donors (Lipinski definition) is 0. The Kier molecular flexibility index (Phi) is 3.49. The average molecular weight is 291 g/mol. The number of carbonyl (C=O) groups excluding carboxylic acids is 1. The first-order valence-corrected chi connectivity index (χ1v) is 6.86. The van der Waals surface area contributed by atoms with Crippen LogP contribution in [-0.2, 0) is 6.42 Å². The fraction of sp³-hybridized carbons (Fsp3) is 0.312. The molecule has 2 aromatic rings. The molecule has 0 saturated carbocycles. The van der Waals surface area contributed by atoms with Gasteiger partial charge < -0.3 is 9.30 Å². The molecule has 110 valence electrons. The number of fused-ring (bicyclic) bond motifs is 1. The van der Waals surface area contributed by atoms with Gasteiger partial charge in [-0.05, 0) is 50.1 Å². The summed E-state index contributed by atoms with van der Waals surface area (Å²) in [6.07, 6.45) is 2.30. The predicted octanol–water partition coefficient (Wildman–Crippen LogP) is 3.91. The van der Waals surface area contributed by atoms with Crippen molar-refractivity contribution in [2.45, 2.75) is 32.8 Å². The molecule has 0 bridgehead atoms. The highest BCUT2D eigenvalue weighted by Crippen LogP contribution is 2.29. The van der Waals surface area contributed by atoms with Crippen molar-refractivity contribution in [2.75, 3.05) is 0 Å². The van der Waals surface area contributed by atoms with Crippen molar-refractivity contribution in [3.05, 3.63) is 47.3 Å². The molecule has 21 heavy (non-hydrogen) atoms. The highest BCUT2D eigenvalue weighted by atomic mass is 19.3. The summed E-state index contributed by atoms with van der Waals surface area (Å²) in [6, 6.07) is 8.38. The molecule has 0 spiro atoms. The number of halogens is 2. The van der Waals surface area contributed by atoms with Crippen LogP contribution in [-0.4, -0.2) is 17.0 Å². The van der Waals surface area contributed by atoms with Crippen LogP contribution in [0.1, 0.15) is 34.6 Å². The number of aryl methyl sites for hydroxylation is 1. The molecule has 0 aliphatic heterocycles. The van der Waals surface area contributed by atoms with Gasteiger partial charge in [0, 0.05) is 29.1 Å². The van der Waals surface area contributed by atoms with Crippen molar-refractivity contribution in [1.29, 1.82) is 0 Å². The van der Waals surface area contributed by atoms with E-state index in [9.17, 15) is 13.6 Å². The van der Waals surface area contributed by atoms with Gasteiger partial charge in [0.1, 0.15) is 5.75 Å². The molecule has 1 heterocycles. The maximum Gasteiger partial charge on any atom is 0.387 e. The molecule has 1 aromatic carbocycles. The van der Waals surface area contributed by atoms with Crippen molar-refractivity contribution in [1.82, 2.24) is 4.57 Å². The Morgan fingerprint density at radius 1 is 1.19 bits per heavy atom. The Hall–Kier alpha value is -2.17. The van der Waals surface area contributed by atoms with Crippen LogP contribution >= 0.6 is 0 Å². The Morgan fingerprint density at radius 2 is 1.90 bits per heavy atom. The van der Waals surface area contributed by atoms with E-state index < -0.39 is 6.61 Å². The van der Waals surface area contributed by atoms with Gasteiger partial charge in [0.05, 0.1) is 0 Å². The lowest BCUT2D eigenvalue weighted by atomic mass is 9.96. The molecule has 3 rings (SSSR count). The second kappa shape index (κ2) is 5.31. The van der Waals surface area contributed by atoms with Crippen molar-refractivity contribution >= 4 is 5.78 Å². The van der Waals surface area contributed by atoms with Crippen LogP contribution in [0.3, 0.4) is 0 Å². The number of alkyl halides is 2. The van der Waals surface area contributed by atoms with E-state index in [4.69, 9.17) is 0 Å². The first-order chi connectivity index (χ1) is 10.1. The molecule has 5 heteroatoms. The number of carbonyl (C=O) groups is 1. The third-order valence-corrected chi connectivity index (χ3v) is 3.72. The normalized spacial score (nSPS) is 14.4. The van der Waals surface area contributed by atoms with Crippen LogP contribution in [0.2, 0.25) is 0 Å². The summed E-state index contributed by atoms with van der Waals surface area (Å²) in [5.41, 5.74) is 3.61. The van der Waals surface area contributed by atoms with Gasteiger partial charge in [0.2, 0.25) is 0 Å². The molecule has 0 fully saturated rings. The third kappa shape index (κ3) is 2.55. The highest BCUT2D eigenvalue weighted by Gasteiger charge is 2.23. The Morgan fingerprint density at radius 3 is 2.57 bits per heavy atom. The highest BCUT2D eigenvalue weighted by molar-refractivity contribution is 5.98. The van der Waals surface area contributed by atoms with Gasteiger partial charge in [0.25, 0.3) is 0 Å². The van der Waals surface area contributed by atoms with E-state index >= 15 is 0 Å². The van der Waals surface area contributed by atoms with E-state index in [1.54, 1.807) is 12.1 Å². The lowest BCUT2D eigenvalue weighted by molar-refractivity contribution is -0.0498. The molecule has 0 radical (unpaired) electrons. The molecule has 0 amide bonds. The van der Waals surface area contributed by atoms with Gasteiger partial charge in [-0.3, -0.25) is 4.79 Å². The summed E-state index contributed by atoms with van der Waals surface area (Å²) in [4.78, 5) is 11.9. The first-order valence-electron chi connectivity index (χ1n) is 6.86. The van der Waals surface area contributed by atoms with Gasteiger partial charge >= 0.3 is 6.61 Å². The number of nitrogens with zero attached hydrogens (tertiary/aromatic N) is 1. The zero-order chi connectivity index (χ0) is 15.0. The van der Waals surface area contributed by atoms with Gasteiger partial charge in [-0.15, -0.1) is 0 Å². The summed E-state index contributed by atoms with van der Waals surface area (Å²) in [5.74, 6) is 0.305.